The molecule has 0 aliphatic carbocycles. The fourth-order valence-electron chi connectivity index (χ4n) is 2.73. The van der Waals surface area contributed by atoms with Crippen LogP contribution in [0.2, 0.25) is 5.02 Å². The van der Waals surface area contributed by atoms with Gasteiger partial charge < -0.3 is 5.32 Å². The maximum Gasteiger partial charge on any atom is 0.264 e. The Hall–Kier alpha value is -2.05. The van der Waals surface area contributed by atoms with Crippen LogP contribution in [0.15, 0.2) is 53.4 Å². The molecule has 2 rings (SSSR count). The molecule has 2 aromatic carbocycles. The summed E-state index contributed by atoms with van der Waals surface area (Å²) in [4.78, 5) is 12.6. The lowest BCUT2D eigenvalue weighted by atomic mass is 10.2. The van der Waals surface area contributed by atoms with Crippen molar-refractivity contribution in [1.82, 2.24) is 5.32 Å². The molecule has 0 saturated carbocycles. The minimum Gasteiger partial charge on any atom is -0.352 e. The van der Waals surface area contributed by atoms with E-state index < -0.39 is 10.0 Å². The van der Waals surface area contributed by atoms with Crippen LogP contribution in [-0.2, 0) is 14.8 Å². The van der Waals surface area contributed by atoms with Gasteiger partial charge in [-0.1, -0.05) is 49.2 Å². The zero-order valence-electron chi connectivity index (χ0n) is 15.8. The van der Waals surface area contributed by atoms with Crippen LogP contribution < -0.4 is 9.62 Å². The zero-order valence-corrected chi connectivity index (χ0v) is 17.3. The largest absolute Gasteiger partial charge is 0.352 e. The Bertz CT molecular complexity index is 885. The number of aryl methyl sites for hydroxylation is 1. The van der Waals surface area contributed by atoms with Crippen molar-refractivity contribution in [1.29, 1.82) is 0 Å². The Morgan fingerprint density at radius 1 is 1.19 bits per heavy atom. The zero-order chi connectivity index (χ0) is 20.0. The van der Waals surface area contributed by atoms with Crippen molar-refractivity contribution < 1.29 is 13.2 Å². The van der Waals surface area contributed by atoms with Crippen LogP contribution in [-0.4, -0.2) is 26.9 Å². The molecule has 0 aliphatic heterocycles. The highest BCUT2D eigenvalue weighted by molar-refractivity contribution is 7.92. The summed E-state index contributed by atoms with van der Waals surface area (Å²) in [5.41, 5.74) is 1.19. The van der Waals surface area contributed by atoms with E-state index in [9.17, 15) is 13.2 Å². The first kappa shape index (κ1) is 21.3. The Balaban J connectivity index is 2.40. The molecular formula is C20H25ClN2O3S. The van der Waals surface area contributed by atoms with Gasteiger partial charge in [-0.3, -0.25) is 9.10 Å². The topological polar surface area (TPSA) is 66.5 Å². The Morgan fingerprint density at radius 3 is 2.44 bits per heavy atom. The number of nitrogens with one attached hydrogen (secondary N) is 1. The lowest BCUT2D eigenvalue weighted by molar-refractivity contribution is -0.120. The molecule has 0 spiro atoms. The van der Waals surface area contributed by atoms with Gasteiger partial charge in [0.25, 0.3) is 10.0 Å². The smallest absolute Gasteiger partial charge is 0.264 e. The molecule has 27 heavy (non-hydrogen) atoms. The summed E-state index contributed by atoms with van der Waals surface area (Å²) in [7, 11) is -3.91. The molecule has 1 amide bonds. The lowest BCUT2D eigenvalue weighted by Gasteiger charge is -2.25. The number of benzene rings is 2. The van der Waals surface area contributed by atoms with Crippen LogP contribution in [0.1, 0.15) is 32.3 Å². The van der Waals surface area contributed by atoms with E-state index in [-0.39, 0.29) is 23.4 Å². The first-order valence-electron chi connectivity index (χ1n) is 8.89. The summed E-state index contributed by atoms with van der Waals surface area (Å²) < 4.78 is 27.5. The van der Waals surface area contributed by atoms with Gasteiger partial charge in [0, 0.05) is 11.1 Å². The molecule has 0 bridgehead atoms. The molecule has 2 aromatic rings. The van der Waals surface area contributed by atoms with Crippen molar-refractivity contribution >= 4 is 33.2 Å². The first-order chi connectivity index (χ1) is 12.8. The van der Waals surface area contributed by atoms with E-state index in [1.54, 1.807) is 36.4 Å². The summed E-state index contributed by atoms with van der Waals surface area (Å²) in [5, 5.41) is 3.30. The van der Waals surface area contributed by atoms with Gasteiger partial charge in [-0.25, -0.2) is 8.42 Å². The van der Waals surface area contributed by atoms with Gasteiger partial charge in [-0.2, -0.15) is 0 Å². The number of rotatable bonds is 8. The van der Waals surface area contributed by atoms with Gasteiger partial charge in [0.1, 0.15) is 6.54 Å². The van der Waals surface area contributed by atoms with Crippen LogP contribution in [0.3, 0.4) is 0 Å². The van der Waals surface area contributed by atoms with Gasteiger partial charge in [-0.15, -0.1) is 0 Å². The number of sulfonamides is 1. The van der Waals surface area contributed by atoms with E-state index in [1.807, 2.05) is 20.8 Å². The van der Waals surface area contributed by atoms with E-state index in [1.165, 1.54) is 12.1 Å². The lowest BCUT2D eigenvalue weighted by Crippen LogP contribution is -2.43. The molecule has 0 aliphatic rings. The third-order valence-electron chi connectivity index (χ3n) is 4.19. The van der Waals surface area contributed by atoms with E-state index in [0.29, 0.717) is 10.7 Å². The summed E-state index contributed by atoms with van der Waals surface area (Å²) in [5.74, 6) is -0.354. The van der Waals surface area contributed by atoms with Crippen LogP contribution in [0, 0.1) is 6.92 Å². The molecule has 146 valence electrons. The molecule has 0 aromatic heterocycles. The van der Waals surface area contributed by atoms with Crippen molar-refractivity contribution in [3.63, 3.8) is 0 Å². The van der Waals surface area contributed by atoms with E-state index >= 15 is 0 Å². The number of carbonyl (C=O) groups excluding carboxylic acids is 1. The number of anilines is 1. The van der Waals surface area contributed by atoms with E-state index in [0.717, 1.165) is 22.7 Å². The predicted molar refractivity (Wildman–Crippen MR) is 110 cm³/mol. The van der Waals surface area contributed by atoms with Crippen molar-refractivity contribution in [2.24, 2.45) is 0 Å². The van der Waals surface area contributed by atoms with Crippen LogP contribution in [0.4, 0.5) is 5.69 Å². The normalized spacial score (nSPS) is 12.4. The summed E-state index contributed by atoms with van der Waals surface area (Å²) >= 11 is 6.19. The maximum absolute atomic E-state index is 13.2. The van der Waals surface area contributed by atoms with Crippen LogP contribution in [0.25, 0.3) is 0 Å². The molecule has 0 heterocycles. The molecule has 1 atom stereocenters. The highest BCUT2D eigenvalue weighted by atomic mass is 35.5. The standard InChI is InChI=1S/C20H25ClN2O3S/c1-4-8-16(3)22-20(24)14-23(17-12-11-15(2)19(21)13-17)27(25,26)18-9-6-5-7-10-18/h5-7,9-13,16H,4,8,14H2,1-3H3,(H,22,24)/t16-/m0/s1. The van der Waals surface area contributed by atoms with Crippen molar-refractivity contribution in [2.45, 2.75) is 44.6 Å². The van der Waals surface area contributed by atoms with Gasteiger partial charge in [0.2, 0.25) is 5.91 Å². The van der Waals surface area contributed by atoms with Gasteiger partial charge in [0.05, 0.1) is 10.6 Å². The molecule has 0 unspecified atom stereocenters. The third-order valence-corrected chi connectivity index (χ3v) is 6.39. The molecule has 0 radical (unpaired) electrons. The number of hydrogen-bond donors (Lipinski definition) is 1. The minimum absolute atomic E-state index is 0.0228. The monoisotopic (exact) mass is 408 g/mol. The highest BCUT2D eigenvalue weighted by Crippen LogP contribution is 2.27. The Morgan fingerprint density at radius 2 is 1.85 bits per heavy atom. The second-order valence-corrected chi connectivity index (χ2v) is 8.78. The van der Waals surface area contributed by atoms with Crippen LogP contribution in [0.5, 0.6) is 0 Å². The molecule has 1 N–H and O–H groups in total. The predicted octanol–water partition coefficient (Wildman–Crippen LogP) is 4.15. The highest BCUT2D eigenvalue weighted by Gasteiger charge is 2.27. The van der Waals surface area contributed by atoms with Crippen molar-refractivity contribution in [2.75, 3.05) is 10.8 Å². The van der Waals surface area contributed by atoms with Crippen molar-refractivity contribution in [3.05, 3.63) is 59.1 Å². The number of amides is 1. The van der Waals surface area contributed by atoms with Gasteiger partial charge in [0.15, 0.2) is 0 Å². The molecular weight excluding hydrogens is 384 g/mol. The quantitative estimate of drug-likeness (QED) is 0.713. The van der Waals surface area contributed by atoms with Gasteiger partial charge >= 0.3 is 0 Å². The number of carbonyl (C=O) groups is 1. The van der Waals surface area contributed by atoms with Crippen LogP contribution >= 0.6 is 11.6 Å². The Kier molecular flexibility index (Phi) is 7.27. The second-order valence-electron chi connectivity index (χ2n) is 6.52. The first-order valence-corrected chi connectivity index (χ1v) is 10.7. The maximum atomic E-state index is 13.2. The molecule has 0 fully saturated rings. The van der Waals surface area contributed by atoms with E-state index in [2.05, 4.69) is 5.32 Å². The van der Waals surface area contributed by atoms with Gasteiger partial charge in [-0.05, 0) is 50.1 Å². The second kappa shape index (κ2) is 9.24. The molecule has 5 nitrogen and oxygen atoms in total. The fourth-order valence-corrected chi connectivity index (χ4v) is 4.34. The number of halogens is 1. The average molecular weight is 409 g/mol. The average Bonchev–Trinajstić information content (AvgIpc) is 2.63. The summed E-state index contributed by atoms with van der Waals surface area (Å²) in [6, 6.07) is 13.0. The number of hydrogen-bond acceptors (Lipinski definition) is 3. The summed E-state index contributed by atoms with van der Waals surface area (Å²) in [6.07, 6.45) is 1.76. The third kappa shape index (κ3) is 5.47. The van der Waals surface area contributed by atoms with Crippen molar-refractivity contribution in [3.8, 4) is 0 Å². The molecule has 7 heteroatoms. The Labute approximate surface area is 166 Å². The minimum atomic E-state index is -3.91. The van der Waals surface area contributed by atoms with E-state index in [4.69, 9.17) is 11.6 Å². The number of nitrogens with zero attached hydrogens (tertiary/aromatic N) is 1. The molecule has 0 saturated heterocycles. The fraction of sp³-hybridized carbons (Fsp3) is 0.350. The SMILES string of the molecule is CCC[C@H](C)NC(=O)CN(c1ccc(C)c(Cl)c1)S(=O)(=O)c1ccccc1. The summed E-state index contributed by atoms with van der Waals surface area (Å²) in [6.45, 7) is 5.45.